The van der Waals surface area contributed by atoms with E-state index in [9.17, 15) is 14.4 Å². The lowest BCUT2D eigenvalue weighted by atomic mass is 10.1. The second kappa shape index (κ2) is 57.4. The molecule has 0 aliphatic heterocycles. The Morgan fingerprint density at radius 1 is 0.304 bits per heavy atom. The molecule has 0 amide bonds. The van der Waals surface area contributed by atoms with Gasteiger partial charge in [0.25, 0.3) is 0 Å². The van der Waals surface area contributed by atoms with Gasteiger partial charge < -0.3 is 14.2 Å². The fourth-order valence-electron chi connectivity index (χ4n) is 8.25. The topological polar surface area (TPSA) is 78.9 Å². The van der Waals surface area contributed by atoms with Crippen LogP contribution in [0.1, 0.15) is 290 Å². The molecule has 1 atom stereocenters. The summed E-state index contributed by atoms with van der Waals surface area (Å²) in [6.45, 7) is 6.51. The molecule has 0 saturated heterocycles. The fourth-order valence-corrected chi connectivity index (χ4v) is 8.25. The van der Waals surface area contributed by atoms with E-state index < -0.39 is 6.10 Å². The Balaban J connectivity index is 4.43. The van der Waals surface area contributed by atoms with Crippen LogP contribution >= 0.6 is 0 Å². The maximum absolute atomic E-state index is 12.9. The summed E-state index contributed by atoms with van der Waals surface area (Å²) < 4.78 is 16.9. The highest BCUT2D eigenvalue weighted by Crippen LogP contribution is 2.15. The summed E-state index contributed by atoms with van der Waals surface area (Å²) >= 11 is 0. The van der Waals surface area contributed by atoms with Gasteiger partial charge in [0, 0.05) is 19.3 Å². The highest BCUT2D eigenvalue weighted by Gasteiger charge is 2.19. The average Bonchev–Trinajstić information content (AvgIpc) is 3.35. The lowest BCUT2D eigenvalue weighted by Gasteiger charge is -2.18. The van der Waals surface area contributed by atoms with E-state index in [4.69, 9.17) is 14.2 Å². The number of hydrogen-bond acceptors (Lipinski definition) is 6. The molecule has 0 bridgehead atoms. The number of hydrogen-bond donors (Lipinski definition) is 0. The van der Waals surface area contributed by atoms with E-state index in [0.717, 1.165) is 103 Å². The van der Waals surface area contributed by atoms with Crippen molar-refractivity contribution in [3.05, 3.63) is 72.9 Å². The maximum Gasteiger partial charge on any atom is 0.306 e. The van der Waals surface area contributed by atoms with Crippen LogP contribution in [-0.4, -0.2) is 37.2 Å². The molecule has 0 saturated carbocycles. The van der Waals surface area contributed by atoms with E-state index in [1.165, 1.54) is 148 Å². The molecule has 6 nitrogen and oxygen atoms in total. The second-order valence-corrected chi connectivity index (χ2v) is 19.5. The van der Waals surface area contributed by atoms with Gasteiger partial charge in [0.15, 0.2) is 6.10 Å². The van der Waals surface area contributed by atoms with Crippen LogP contribution in [-0.2, 0) is 28.6 Å². The third-order valence-electron chi connectivity index (χ3n) is 12.7. The van der Waals surface area contributed by atoms with Gasteiger partial charge in [-0.2, -0.15) is 0 Å². The molecule has 398 valence electrons. The van der Waals surface area contributed by atoms with Crippen molar-refractivity contribution in [1.82, 2.24) is 0 Å². The van der Waals surface area contributed by atoms with Gasteiger partial charge in [0.1, 0.15) is 13.2 Å². The molecule has 0 heterocycles. The zero-order valence-electron chi connectivity index (χ0n) is 45.6. The minimum atomic E-state index is -0.794. The first-order valence-corrected chi connectivity index (χ1v) is 29.4. The number of carbonyl (C=O) groups is 3. The quantitative estimate of drug-likeness (QED) is 0.0262. The van der Waals surface area contributed by atoms with Crippen LogP contribution in [0.5, 0.6) is 0 Å². The zero-order chi connectivity index (χ0) is 50.0. The molecule has 0 aliphatic carbocycles. The number of ether oxygens (including phenoxy) is 3. The van der Waals surface area contributed by atoms with E-state index in [2.05, 4.69) is 93.7 Å². The van der Waals surface area contributed by atoms with E-state index in [0.29, 0.717) is 19.3 Å². The molecule has 1 unspecified atom stereocenters. The van der Waals surface area contributed by atoms with Crippen molar-refractivity contribution >= 4 is 17.9 Å². The minimum Gasteiger partial charge on any atom is -0.462 e. The SMILES string of the molecule is CC/C=C\C/C=C\C/C=C\C/C=C\CCCCCCC(=O)OC(COC(=O)CCCCCCC/C=C\CCCCCCCCC)COC(=O)CCCCCCCCC/C=C\CCCCCCCCC. The third kappa shape index (κ3) is 55.6. The van der Waals surface area contributed by atoms with Crippen LogP contribution in [0, 0.1) is 0 Å². The van der Waals surface area contributed by atoms with Crippen LogP contribution in [0.15, 0.2) is 72.9 Å². The first-order valence-electron chi connectivity index (χ1n) is 29.4. The first-order chi connectivity index (χ1) is 34.0. The summed E-state index contributed by atoms with van der Waals surface area (Å²) in [5, 5.41) is 0. The Hall–Kier alpha value is -3.15. The Morgan fingerprint density at radius 2 is 0.565 bits per heavy atom. The number of carbonyl (C=O) groups excluding carboxylic acids is 3. The molecule has 0 aromatic rings. The maximum atomic E-state index is 12.9. The zero-order valence-corrected chi connectivity index (χ0v) is 45.6. The standard InChI is InChI=1S/C63H110O6/c1-4-7-10-13-16-19-22-25-28-31-33-35-38-41-44-47-50-53-56-62(65)68-59-60(58-67-61(64)55-52-49-46-43-40-37-34-30-27-24-21-18-15-12-9-6-3)69-63(66)57-54-51-48-45-42-39-36-32-29-26-23-20-17-14-11-8-5-2/h8,11,17,20,26,28-31,34,36,39,60H,4-7,9-10,12-16,18-19,21-25,27,32-33,35,37-38,40-59H2,1-3H3/b11-8-,20-17-,29-26-,31-28-,34-30-,39-36-. The lowest BCUT2D eigenvalue weighted by molar-refractivity contribution is -0.167. The van der Waals surface area contributed by atoms with Gasteiger partial charge in [0.05, 0.1) is 0 Å². The number of esters is 3. The third-order valence-corrected chi connectivity index (χ3v) is 12.7. The minimum absolute atomic E-state index is 0.0896. The predicted molar refractivity (Wildman–Crippen MR) is 298 cm³/mol. The number of allylic oxidation sites excluding steroid dienone is 12. The van der Waals surface area contributed by atoms with Crippen molar-refractivity contribution in [3.8, 4) is 0 Å². The summed E-state index contributed by atoms with van der Waals surface area (Å²) in [5.41, 5.74) is 0. The van der Waals surface area contributed by atoms with Gasteiger partial charge in [-0.05, 0) is 109 Å². The molecule has 0 rings (SSSR count). The molecule has 0 aromatic heterocycles. The first kappa shape index (κ1) is 65.8. The van der Waals surface area contributed by atoms with Gasteiger partial charge in [-0.25, -0.2) is 0 Å². The molecule has 0 aliphatic rings. The Morgan fingerprint density at radius 3 is 0.899 bits per heavy atom. The van der Waals surface area contributed by atoms with Crippen molar-refractivity contribution in [3.63, 3.8) is 0 Å². The van der Waals surface area contributed by atoms with E-state index in [1.54, 1.807) is 0 Å². The number of unbranched alkanes of at least 4 members (excludes halogenated alkanes) is 30. The highest BCUT2D eigenvalue weighted by molar-refractivity contribution is 5.71. The number of rotatable bonds is 53. The molecule has 0 aromatic carbocycles. The second-order valence-electron chi connectivity index (χ2n) is 19.5. The molecule has 0 fully saturated rings. The van der Waals surface area contributed by atoms with Crippen molar-refractivity contribution in [2.45, 2.75) is 297 Å². The van der Waals surface area contributed by atoms with Crippen molar-refractivity contribution in [2.75, 3.05) is 13.2 Å². The van der Waals surface area contributed by atoms with Crippen LogP contribution in [0.25, 0.3) is 0 Å². The molecule has 0 N–H and O–H groups in total. The van der Waals surface area contributed by atoms with E-state index in [1.807, 2.05) is 0 Å². The summed E-state index contributed by atoms with van der Waals surface area (Å²) in [7, 11) is 0. The van der Waals surface area contributed by atoms with Crippen molar-refractivity contribution in [2.24, 2.45) is 0 Å². The summed E-state index contributed by atoms with van der Waals surface area (Å²) in [6, 6.07) is 0. The molecule has 6 heteroatoms. The van der Waals surface area contributed by atoms with Crippen LogP contribution in [0.3, 0.4) is 0 Å². The average molecular weight is 964 g/mol. The fraction of sp³-hybridized carbons (Fsp3) is 0.762. The van der Waals surface area contributed by atoms with Gasteiger partial charge in [0.2, 0.25) is 0 Å². The Labute approximate surface area is 427 Å². The van der Waals surface area contributed by atoms with Crippen molar-refractivity contribution < 1.29 is 28.6 Å². The molecule has 69 heavy (non-hydrogen) atoms. The van der Waals surface area contributed by atoms with Crippen LogP contribution < -0.4 is 0 Å². The Bertz CT molecular complexity index is 1290. The normalized spacial score (nSPS) is 12.6. The lowest BCUT2D eigenvalue weighted by Crippen LogP contribution is -2.30. The predicted octanol–water partition coefficient (Wildman–Crippen LogP) is 19.8. The largest absolute Gasteiger partial charge is 0.462 e. The van der Waals surface area contributed by atoms with Gasteiger partial charge >= 0.3 is 17.9 Å². The van der Waals surface area contributed by atoms with Gasteiger partial charge in [-0.1, -0.05) is 235 Å². The van der Waals surface area contributed by atoms with Gasteiger partial charge in [-0.15, -0.1) is 0 Å². The monoisotopic (exact) mass is 963 g/mol. The summed E-state index contributed by atoms with van der Waals surface area (Å²) in [4.78, 5) is 38.2. The van der Waals surface area contributed by atoms with Crippen molar-refractivity contribution in [1.29, 1.82) is 0 Å². The highest BCUT2D eigenvalue weighted by atomic mass is 16.6. The molecule has 0 spiro atoms. The van der Waals surface area contributed by atoms with E-state index in [-0.39, 0.29) is 31.1 Å². The van der Waals surface area contributed by atoms with Crippen LogP contribution in [0.4, 0.5) is 0 Å². The summed E-state index contributed by atoms with van der Waals surface area (Å²) in [6.07, 6.45) is 73.2. The van der Waals surface area contributed by atoms with Gasteiger partial charge in [-0.3, -0.25) is 14.4 Å². The molecule has 0 radical (unpaired) electrons. The molecular weight excluding hydrogens is 853 g/mol. The van der Waals surface area contributed by atoms with Crippen LogP contribution in [0.2, 0.25) is 0 Å². The van der Waals surface area contributed by atoms with E-state index >= 15 is 0 Å². The summed E-state index contributed by atoms with van der Waals surface area (Å²) in [5.74, 6) is -0.917. The molecular formula is C63H110O6. The Kier molecular flexibility index (Phi) is 54.8. The smallest absolute Gasteiger partial charge is 0.306 e.